The first-order valence-electron chi connectivity index (χ1n) is 13.1. The van der Waals surface area contributed by atoms with Gasteiger partial charge in [0, 0.05) is 23.7 Å². The fraction of sp³-hybridized carbons (Fsp3) is 0.258. The highest BCUT2D eigenvalue weighted by molar-refractivity contribution is 5.91. The minimum absolute atomic E-state index is 0.0521. The lowest BCUT2D eigenvalue weighted by atomic mass is 9.97. The van der Waals surface area contributed by atoms with Crippen LogP contribution < -0.4 is 5.32 Å². The van der Waals surface area contributed by atoms with Gasteiger partial charge in [0.2, 0.25) is 11.8 Å². The van der Waals surface area contributed by atoms with E-state index in [2.05, 4.69) is 20.6 Å². The van der Waals surface area contributed by atoms with Crippen molar-refractivity contribution in [2.45, 2.75) is 51.9 Å². The second-order valence-electron chi connectivity index (χ2n) is 10.3. The van der Waals surface area contributed by atoms with E-state index >= 15 is 0 Å². The molecule has 0 aliphatic rings. The van der Waals surface area contributed by atoms with Crippen molar-refractivity contribution < 1.29 is 9.59 Å². The number of hydrogen-bond donors (Lipinski definition) is 1. The molecule has 1 N–H and O–H groups in total. The average Bonchev–Trinajstić information content (AvgIpc) is 3.35. The van der Waals surface area contributed by atoms with E-state index in [1.165, 1.54) is 0 Å². The molecule has 5 aromatic rings. The summed E-state index contributed by atoms with van der Waals surface area (Å²) < 4.78 is 1.59. The van der Waals surface area contributed by atoms with Crippen molar-refractivity contribution in [1.29, 1.82) is 0 Å². The topological polar surface area (TPSA) is 93.0 Å². The Morgan fingerprint density at radius 1 is 0.949 bits per heavy atom. The summed E-state index contributed by atoms with van der Waals surface area (Å²) >= 11 is 0. The van der Waals surface area contributed by atoms with E-state index < -0.39 is 11.6 Å². The van der Waals surface area contributed by atoms with Gasteiger partial charge in [0.25, 0.3) is 0 Å². The van der Waals surface area contributed by atoms with Gasteiger partial charge in [-0.15, -0.1) is 5.10 Å². The highest BCUT2D eigenvalue weighted by atomic mass is 16.2. The maximum absolute atomic E-state index is 14.1. The number of pyridine rings is 1. The molecule has 198 valence electrons. The summed E-state index contributed by atoms with van der Waals surface area (Å²) in [5.41, 5.74) is 3.48. The van der Waals surface area contributed by atoms with Crippen LogP contribution in [0, 0.1) is 0 Å². The maximum atomic E-state index is 14.1. The third-order valence-corrected chi connectivity index (χ3v) is 7.07. The minimum atomic E-state index is -0.872. The molecular formula is C31H32N6O2. The monoisotopic (exact) mass is 520 g/mol. The van der Waals surface area contributed by atoms with Crippen LogP contribution in [0.25, 0.3) is 21.9 Å². The lowest BCUT2D eigenvalue weighted by Gasteiger charge is -2.35. The lowest BCUT2D eigenvalue weighted by molar-refractivity contribution is -0.143. The number of hydrogen-bond acceptors (Lipinski definition) is 5. The fourth-order valence-corrected chi connectivity index (χ4v) is 4.58. The summed E-state index contributed by atoms with van der Waals surface area (Å²) in [5, 5.41) is 12.5. The number of nitrogens with one attached hydrogen (secondary N) is 1. The van der Waals surface area contributed by atoms with Crippen molar-refractivity contribution in [1.82, 2.24) is 30.2 Å². The van der Waals surface area contributed by atoms with E-state index in [1.54, 1.807) is 15.8 Å². The molecule has 8 nitrogen and oxygen atoms in total. The lowest BCUT2D eigenvalue weighted by Crippen LogP contribution is -2.50. The van der Waals surface area contributed by atoms with Crippen molar-refractivity contribution in [3.05, 3.63) is 102 Å². The third-order valence-electron chi connectivity index (χ3n) is 7.07. The molecule has 0 saturated heterocycles. The number of benzene rings is 3. The Morgan fingerprint density at radius 3 is 2.51 bits per heavy atom. The number of carbonyl (C=O) groups excluding carboxylic acids is 2. The van der Waals surface area contributed by atoms with Gasteiger partial charge < -0.3 is 10.2 Å². The van der Waals surface area contributed by atoms with E-state index in [4.69, 9.17) is 0 Å². The summed E-state index contributed by atoms with van der Waals surface area (Å²) in [6.07, 6.45) is 2.48. The predicted molar refractivity (Wildman–Crippen MR) is 152 cm³/mol. The first-order valence-corrected chi connectivity index (χ1v) is 13.1. The molecule has 0 bridgehead atoms. The van der Waals surface area contributed by atoms with E-state index in [0.717, 1.165) is 28.4 Å². The number of aromatic nitrogens is 4. The largest absolute Gasteiger partial charge is 0.349 e. The Bertz CT molecular complexity index is 1610. The Hall–Kier alpha value is -4.59. The average molecular weight is 521 g/mol. The van der Waals surface area contributed by atoms with Crippen molar-refractivity contribution in [3.8, 4) is 0 Å². The number of amides is 2. The SMILES string of the molecule is CCC(C)(C)NC(=O)C(c1ccc2ncccc2c1)N(Cc1ccccc1)C(=O)Cn1nnc2ccccc21. The second kappa shape index (κ2) is 11.0. The zero-order valence-electron chi connectivity index (χ0n) is 22.4. The van der Waals surface area contributed by atoms with Crippen LogP contribution in [0.3, 0.4) is 0 Å². The molecule has 0 radical (unpaired) electrons. The minimum Gasteiger partial charge on any atom is -0.349 e. The zero-order chi connectivity index (χ0) is 27.4. The van der Waals surface area contributed by atoms with E-state index in [9.17, 15) is 9.59 Å². The van der Waals surface area contributed by atoms with Crippen molar-refractivity contribution in [2.24, 2.45) is 0 Å². The standard InChI is InChI=1S/C31H32N6O2/c1-4-31(2,3)33-30(39)29(24-16-17-25-23(19-24)13-10-18-32-25)36(20-22-11-6-5-7-12-22)28(38)21-37-27-15-9-8-14-26(27)34-35-37/h5-19,29H,4,20-21H2,1-3H3,(H,33,39). The molecule has 8 heteroatoms. The summed E-state index contributed by atoms with van der Waals surface area (Å²) in [4.78, 5) is 34.2. The third kappa shape index (κ3) is 5.80. The first kappa shape index (κ1) is 26.0. The van der Waals surface area contributed by atoms with E-state index in [1.807, 2.05) is 106 Å². The molecule has 3 aromatic carbocycles. The predicted octanol–water partition coefficient (Wildman–Crippen LogP) is 5.05. The van der Waals surface area contributed by atoms with Crippen LogP contribution in [-0.4, -0.2) is 42.2 Å². The summed E-state index contributed by atoms with van der Waals surface area (Å²) in [6.45, 7) is 6.19. The summed E-state index contributed by atoms with van der Waals surface area (Å²) in [7, 11) is 0. The van der Waals surface area contributed by atoms with Crippen LogP contribution in [0.15, 0.2) is 91.1 Å². The molecule has 0 aliphatic carbocycles. The van der Waals surface area contributed by atoms with Crippen LogP contribution in [0.4, 0.5) is 0 Å². The van der Waals surface area contributed by atoms with Gasteiger partial charge in [0.1, 0.15) is 18.1 Å². The van der Waals surface area contributed by atoms with Crippen LogP contribution in [0.2, 0.25) is 0 Å². The molecule has 0 aliphatic heterocycles. The Labute approximate surface area is 227 Å². The van der Waals surface area contributed by atoms with Crippen molar-refractivity contribution in [3.63, 3.8) is 0 Å². The quantitative estimate of drug-likeness (QED) is 0.293. The van der Waals surface area contributed by atoms with Gasteiger partial charge in [0.05, 0.1) is 11.0 Å². The Kier molecular flexibility index (Phi) is 7.36. The van der Waals surface area contributed by atoms with Crippen molar-refractivity contribution >= 4 is 33.8 Å². The number of para-hydroxylation sites is 1. The van der Waals surface area contributed by atoms with E-state index in [-0.39, 0.29) is 24.9 Å². The van der Waals surface area contributed by atoms with Gasteiger partial charge >= 0.3 is 0 Å². The van der Waals surface area contributed by atoms with Crippen LogP contribution >= 0.6 is 0 Å². The molecule has 2 amide bonds. The van der Waals surface area contributed by atoms with Gasteiger partial charge in [-0.05, 0) is 61.7 Å². The zero-order valence-corrected chi connectivity index (χ0v) is 22.4. The van der Waals surface area contributed by atoms with Gasteiger partial charge in [-0.25, -0.2) is 4.68 Å². The van der Waals surface area contributed by atoms with Crippen LogP contribution in [-0.2, 0) is 22.7 Å². The molecule has 0 fully saturated rings. The Morgan fingerprint density at radius 2 is 1.72 bits per heavy atom. The number of rotatable bonds is 9. The second-order valence-corrected chi connectivity index (χ2v) is 10.3. The molecular weight excluding hydrogens is 488 g/mol. The molecule has 2 heterocycles. The molecule has 0 saturated carbocycles. The summed E-state index contributed by atoms with van der Waals surface area (Å²) in [6, 6.07) is 25.9. The highest BCUT2D eigenvalue weighted by Gasteiger charge is 2.34. The van der Waals surface area contributed by atoms with Crippen molar-refractivity contribution in [2.75, 3.05) is 0 Å². The maximum Gasteiger partial charge on any atom is 0.247 e. The molecule has 39 heavy (non-hydrogen) atoms. The van der Waals surface area contributed by atoms with Gasteiger partial charge in [-0.1, -0.05) is 66.7 Å². The molecule has 2 aromatic heterocycles. The normalized spacial score (nSPS) is 12.4. The Balaban J connectivity index is 1.59. The molecule has 1 atom stereocenters. The van der Waals surface area contributed by atoms with Gasteiger partial charge in [-0.2, -0.15) is 0 Å². The van der Waals surface area contributed by atoms with Gasteiger partial charge in [-0.3, -0.25) is 14.6 Å². The number of nitrogens with zero attached hydrogens (tertiary/aromatic N) is 5. The summed E-state index contributed by atoms with van der Waals surface area (Å²) in [5.74, 6) is -0.479. The molecule has 0 spiro atoms. The van der Waals surface area contributed by atoms with E-state index in [0.29, 0.717) is 11.1 Å². The fourth-order valence-electron chi connectivity index (χ4n) is 4.58. The first-order chi connectivity index (χ1) is 18.8. The number of fused-ring (bicyclic) bond motifs is 2. The van der Waals surface area contributed by atoms with Crippen LogP contribution in [0.1, 0.15) is 44.4 Å². The smallest absolute Gasteiger partial charge is 0.247 e. The van der Waals surface area contributed by atoms with Crippen LogP contribution in [0.5, 0.6) is 0 Å². The highest BCUT2D eigenvalue weighted by Crippen LogP contribution is 2.28. The molecule has 1 unspecified atom stereocenters. The molecule has 5 rings (SSSR count). The van der Waals surface area contributed by atoms with Gasteiger partial charge in [0.15, 0.2) is 0 Å². The number of carbonyl (C=O) groups is 2.